The number of quaternary nitrogens is 1. The summed E-state index contributed by atoms with van der Waals surface area (Å²) in [4.78, 5) is 4.52. The van der Waals surface area contributed by atoms with Crippen LogP contribution in [-0.4, -0.2) is 23.9 Å². The van der Waals surface area contributed by atoms with Crippen molar-refractivity contribution >= 4 is 28.2 Å². The predicted octanol–water partition coefficient (Wildman–Crippen LogP) is 4.90. The molecular weight excluding hydrogens is 510 g/mol. The van der Waals surface area contributed by atoms with Gasteiger partial charge in [0.2, 0.25) is 0 Å². The molecule has 9 heteroatoms. The van der Waals surface area contributed by atoms with Gasteiger partial charge in [-0.25, -0.2) is 0 Å². The molecule has 1 saturated carbocycles. The molecule has 0 bridgehead atoms. The first kappa shape index (κ1) is 23.9. The van der Waals surface area contributed by atoms with Crippen molar-refractivity contribution in [1.82, 2.24) is 23.9 Å². The van der Waals surface area contributed by atoms with Crippen molar-refractivity contribution in [3.63, 3.8) is 0 Å². The number of hydrogen-bond donors (Lipinski definition) is 1. The van der Waals surface area contributed by atoms with Crippen LogP contribution >= 0.6 is 11.6 Å². The summed E-state index contributed by atoms with van der Waals surface area (Å²) in [5.41, 5.74) is 6.76. The average Bonchev–Trinajstić information content (AvgIpc) is 3.28. The summed E-state index contributed by atoms with van der Waals surface area (Å²) in [5.74, 6) is 0.563. The van der Waals surface area contributed by atoms with Gasteiger partial charge in [0.1, 0.15) is 29.7 Å². The van der Waals surface area contributed by atoms with Crippen LogP contribution in [0.2, 0.25) is 5.02 Å². The highest BCUT2D eigenvalue weighted by Crippen LogP contribution is 2.42. The number of aryl methyl sites for hydroxylation is 1. The number of rotatable bonds is 6. The third kappa shape index (κ3) is 4.16. The van der Waals surface area contributed by atoms with E-state index in [9.17, 15) is 10.5 Å². The number of nitrogens with one attached hydrogen (secondary N) is 1. The van der Waals surface area contributed by atoms with E-state index >= 15 is 0 Å². The minimum atomic E-state index is -0.286. The largest absolute Gasteiger partial charge is 0.629 e. The summed E-state index contributed by atoms with van der Waals surface area (Å²) < 4.78 is 5.94. The van der Waals surface area contributed by atoms with Gasteiger partial charge in [-0.05, 0) is 66.8 Å². The molecule has 39 heavy (non-hydrogen) atoms. The van der Waals surface area contributed by atoms with E-state index in [0.29, 0.717) is 23.0 Å². The molecule has 1 N–H and O–H groups in total. The third-order valence-corrected chi connectivity index (χ3v) is 8.06. The van der Waals surface area contributed by atoms with Crippen LogP contribution in [0, 0.1) is 22.5 Å². The number of fused-ring (bicyclic) bond motifs is 2. The van der Waals surface area contributed by atoms with E-state index in [1.807, 2.05) is 81.9 Å². The van der Waals surface area contributed by atoms with Gasteiger partial charge < -0.3 is 19.4 Å². The summed E-state index contributed by atoms with van der Waals surface area (Å²) in [6.07, 6.45) is 12.4. The summed E-state index contributed by atoms with van der Waals surface area (Å²) >= 11 is 6.38. The standard InChI is InChI=1S/C30H26ClN7O/c1-35-16-20(15-32)13-26(35)30-28-27(36-10-2-3-11-36)18-38(39)25(12-19-4-5-19)29(28)34-37(30)17-21-8-9-33-24-7-6-22(31)14-23(21)24/h2-3,6-11,13-14,16,18-19,25,38H,4-5,12,17H2,1H3. The first-order chi connectivity index (χ1) is 19.0. The quantitative estimate of drug-likeness (QED) is 0.313. The van der Waals surface area contributed by atoms with E-state index in [4.69, 9.17) is 16.7 Å². The van der Waals surface area contributed by atoms with E-state index in [1.165, 1.54) is 0 Å². The molecule has 1 aromatic carbocycles. The number of aromatic nitrogens is 5. The molecule has 194 valence electrons. The Morgan fingerprint density at radius 1 is 1.18 bits per heavy atom. The maximum absolute atomic E-state index is 13.6. The van der Waals surface area contributed by atoms with Crippen LogP contribution in [-0.2, 0) is 13.6 Å². The lowest BCUT2D eigenvalue weighted by atomic mass is 9.95. The second kappa shape index (κ2) is 9.24. The van der Waals surface area contributed by atoms with Gasteiger partial charge in [-0.2, -0.15) is 10.4 Å². The topological polar surface area (TPSA) is 91.9 Å². The van der Waals surface area contributed by atoms with Crippen molar-refractivity contribution in [3.05, 3.63) is 106 Å². The molecule has 5 aromatic rings. The molecule has 1 aliphatic carbocycles. The molecule has 0 amide bonds. The maximum atomic E-state index is 13.6. The molecule has 1 aliphatic heterocycles. The number of hydrogen-bond acceptors (Lipinski definition) is 4. The zero-order valence-corrected chi connectivity index (χ0v) is 22.1. The van der Waals surface area contributed by atoms with Gasteiger partial charge in [-0.1, -0.05) is 11.6 Å². The van der Waals surface area contributed by atoms with Crippen molar-refractivity contribution in [1.29, 1.82) is 5.26 Å². The first-order valence-corrected chi connectivity index (χ1v) is 13.5. The van der Waals surface area contributed by atoms with Crippen LogP contribution in [0.15, 0.2) is 73.5 Å². The Labute approximate surface area is 230 Å². The van der Waals surface area contributed by atoms with Crippen LogP contribution in [0.3, 0.4) is 0 Å². The van der Waals surface area contributed by atoms with Gasteiger partial charge in [-0.3, -0.25) is 9.67 Å². The SMILES string of the molecule is Cn1cc(C#N)cc1-c1c2c(nn1Cc1ccnc3ccc(Cl)cc13)C(CC1CC1)[NH+]([O-])C=C2n1cccc1. The van der Waals surface area contributed by atoms with E-state index in [1.54, 1.807) is 12.4 Å². The molecule has 5 heterocycles. The Morgan fingerprint density at radius 3 is 2.74 bits per heavy atom. The fraction of sp³-hybridized carbons (Fsp3) is 0.233. The molecule has 7 rings (SSSR count). The highest BCUT2D eigenvalue weighted by molar-refractivity contribution is 6.31. The number of benzene rings is 1. The highest BCUT2D eigenvalue weighted by atomic mass is 35.5. The van der Waals surface area contributed by atoms with Crippen molar-refractivity contribution in [2.75, 3.05) is 0 Å². The first-order valence-electron chi connectivity index (χ1n) is 13.1. The number of nitrogens with zero attached hydrogens (tertiary/aromatic N) is 6. The summed E-state index contributed by atoms with van der Waals surface area (Å²) in [5, 5.41) is 30.1. The van der Waals surface area contributed by atoms with Crippen molar-refractivity contribution in [2.24, 2.45) is 13.0 Å². The van der Waals surface area contributed by atoms with E-state index < -0.39 is 0 Å². The van der Waals surface area contributed by atoms with Gasteiger partial charge in [0, 0.05) is 48.7 Å². The monoisotopic (exact) mass is 535 g/mol. The number of halogens is 1. The lowest BCUT2D eigenvalue weighted by molar-refractivity contribution is -0.830. The van der Waals surface area contributed by atoms with Gasteiger partial charge in [-0.15, -0.1) is 0 Å². The summed E-state index contributed by atoms with van der Waals surface area (Å²) in [6, 6.07) is 15.5. The lowest BCUT2D eigenvalue weighted by Gasteiger charge is -2.32. The van der Waals surface area contributed by atoms with Crippen molar-refractivity contribution in [2.45, 2.75) is 31.8 Å². The van der Waals surface area contributed by atoms with Crippen LogP contribution in [0.1, 0.15) is 47.7 Å². The Hall–Kier alpha value is -4.16. The van der Waals surface area contributed by atoms with Gasteiger partial charge in [0.15, 0.2) is 0 Å². The van der Waals surface area contributed by atoms with E-state index in [2.05, 4.69) is 11.1 Å². The van der Waals surface area contributed by atoms with E-state index in [0.717, 1.165) is 64.1 Å². The molecule has 1 fully saturated rings. The molecule has 2 atom stereocenters. The fourth-order valence-electron chi connectivity index (χ4n) is 5.74. The maximum Gasteiger partial charge on any atom is 0.137 e. The third-order valence-electron chi connectivity index (χ3n) is 7.83. The number of hydroxylamine groups is 2. The molecule has 4 aromatic heterocycles. The van der Waals surface area contributed by atoms with E-state index in [-0.39, 0.29) is 11.1 Å². The molecule has 2 unspecified atom stereocenters. The van der Waals surface area contributed by atoms with Gasteiger partial charge in [0.05, 0.1) is 34.6 Å². The lowest BCUT2D eigenvalue weighted by Crippen LogP contribution is -3.03. The zero-order chi connectivity index (χ0) is 26.7. The second-order valence-electron chi connectivity index (χ2n) is 10.5. The highest BCUT2D eigenvalue weighted by Gasteiger charge is 2.39. The molecule has 0 saturated heterocycles. The Bertz CT molecular complexity index is 1790. The van der Waals surface area contributed by atoms with Crippen molar-refractivity contribution in [3.8, 4) is 17.5 Å². The number of pyridine rings is 1. The van der Waals surface area contributed by atoms with Gasteiger partial charge >= 0.3 is 0 Å². The number of nitriles is 1. The molecule has 8 nitrogen and oxygen atoms in total. The summed E-state index contributed by atoms with van der Waals surface area (Å²) in [6.45, 7) is 0.456. The summed E-state index contributed by atoms with van der Waals surface area (Å²) in [7, 11) is 1.94. The smallest absolute Gasteiger partial charge is 0.137 e. The minimum absolute atomic E-state index is 0.0973. The van der Waals surface area contributed by atoms with Crippen LogP contribution in [0.4, 0.5) is 0 Å². The minimum Gasteiger partial charge on any atom is -0.629 e. The van der Waals surface area contributed by atoms with Crippen LogP contribution in [0.25, 0.3) is 28.0 Å². The van der Waals surface area contributed by atoms with Crippen LogP contribution < -0.4 is 5.06 Å². The fourth-order valence-corrected chi connectivity index (χ4v) is 5.92. The molecule has 2 aliphatic rings. The second-order valence-corrected chi connectivity index (χ2v) is 10.9. The Kier molecular flexibility index (Phi) is 5.67. The molecule has 0 spiro atoms. The van der Waals surface area contributed by atoms with Crippen LogP contribution in [0.5, 0.6) is 0 Å². The molecular formula is C30H26ClN7O. The predicted molar refractivity (Wildman–Crippen MR) is 149 cm³/mol. The van der Waals surface area contributed by atoms with Crippen molar-refractivity contribution < 1.29 is 5.06 Å². The zero-order valence-electron chi connectivity index (χ0n) is 21.4. The van der Waals surface area contributed by atoms with Gasteiger partial charge in [0.25, 0.3) is 0 Å². The Morgan fingerprint density at radius 2 is 2.00 bits per heavy atom. The normalized spacial score (nSPS) is 18.7. The Balaban J connectivity index is 1.48. The molecule has 0 radical (unpaired) electrons. The average molecular weight is 536 g/mol.